The first-order valence-corrected chi connectivity index (χ1v) is 8.03. The van der Waals surface area contributed by atoms with Crippen molar-refractivity contribution in [3.63, 3.8) is 0 Å². The van der Waals surface area contributed by atoms with Crippen LogP contribution in [0.4, 0.5) is 0 Å². The van der Waals surface area contributed by atoms with Crippen LogP contribution < -0.4 is 16.4 Å². The molecule has 0 aliphatic carbocycles. The molecule has 0 fully saturated rings. The number of carbonyl (C=O) groups is 2. The Labute approximate surface area is 140 Å². The number of nitrogens with two attached hydrogens (primary N) is 1. The van der Waals surface area contributed by atoms with Crippen molar-refractivity contribution in [3.8, 4) is 0 Å². The predicted molar refractivity (Wildman–Crippen MR) is 91.1 cm³/mol. The van der Waals surface area contributed by atoms with Crippen LogP contribution in [0.3, 0.4) is 0 Å². The normalized spacial score (nSPS) is 12.9. The maximum absolute atomic E-state index is 12.0. The van der Waals surface area contributed by atoms with Crippen LogP contribution in [0.25, 0.3) is 0 Å². The monoisotopic (exact) mass is 369 g/mol. The first kappa shape index (κ1) is 18.6. The van der Waals surface area contributed by atoms with Gasteiger partial charge in [0, 0.05) is 4.47 Å². The third-order valence-corrected chi connectivity index (χ3v) is 3.99. The van der Waals surface area contributed by atoms with Gasteiger partial charge in [-0.3, -0.25) is 9.59 Å². The Morgan fingerprint density at radius 3 is 2.27 bits per heavy atom. The van der Waals surface area contributed by atoms with Gasteiger partial charge in [-0.15, -0.1) is 0 Å². The van der Waals surface area contributed by atoms with Crippen LogP contribution in [0.1, 0.15) is 33.3 Å². The van der Waals surface area contributed by atoms with E-state index >= 15 is 0 Å². The first-order chi connectivity index (χ1) is 10.1. The Hall–Kier alpha value is -1.40. The van der Waals surface area contributed by atoms with Gasteiger partial charge >= 0.3 is 0 Å². The Balaban J connectivity index is 2.57. The zero-order valence-electron chi connectivity index (χ0n) is 13.4. The van der Waals surface area contributed by atoms with Gasteiger partial charge in [0.25, 0.3) is 0 Å². The van der Waals surface area contributed by atoms with Crippen molar-refractivity contribution in [2.75, 3.05) is 6.54 Å². The standard InChI is InChI=1S/C16H24BrN3O2/c1-10(2)14(18)15(22)19-9-13(21)20-16(3,4)11-5-7-12(17)8-6-11/h5-8,10,14H,9,18H2,1-4H3,(H,19,22)(H,20,21)/t14-/m0/s1. The molecule has 1 atom stereocenters. The van der Waals surface area contributed by atoms with Crippen molar-refractivity contribution in [3.05, 3.63) is 34.3 Å². The van der Waals surface area contributed by atoms with E-state index in [1.807, 2.05) is 52.0 Å². The summed E-state index contributed by atoms with van der Waals surface area (Å²) in [6.07, 6.45) is 0. The molecule has 0 aromatic heterocycles. The number of nitrogens with one attached hydrogen (secondary N) is 2. The lowest BCUT2D eigenvalue weighted by molar-refractivity contribution is -0.128. The van der Waals surface area contributed by atoms with E-state index in [0.29, 0.717) is 0 Å². The van der Waals surface area contributed by atoms with Crippen LogP contribution in [0.15, 0.2) is 28.7 Å². The van der Waals surface area contributed by atoms with Crippen molar-refractivity contribution < 1.29 is 9.59 Å². The van der Waals surface area contributed by atoms with E-state index in [1.165, 1.54) is 0 Å². The lowest BCUT2D eigenvalue weighted by atomic mass is 9.94. The largest absolute Gasteiger partial charge is 0.346 e. The van der Waals surface area contributed by atoms with E-state index < -0.39 is 11.6 Å². The number of halogens is 1. The Kier molecular flexibility index (Phi) is 6.56. The van der Waals surface area contributed by atoms with Crippen molar-refractivity contribution in [1.82, 2.24) is 10.6 Å². The smallest absolute Gasteiger partial charge is 0.240 e. The van der Waals surface area contributed by atoms with Crippen molar-refractivity contribution in [2.45, 2.75) is 39.3 Å². The van der Waals surface area contributed by atoms with Gasteiger partial charge in [-0.1, -0.05) is 41.9 Å². The van der Waals surface area contributed by atoms with Gasteiger partial charge in [0.05, 0.1) is 18.1 Å². The second-order valence-electron chi connectivity index (χ2n) is 6.17. The van der Waals surface area contributed by atoms with Gasteiger partial charge in [0.2, 0.25) is 11.8 Å². The Bertz CT molecular complexity index is 527. The van der Waals surface area contributed by atoms with E-state index in [9.17, 15) is 9.59 Å². The summed E-state index contributed by atoms with van der Waals surface area (Å²) in [6, 6.07) is 7.13. The average molecular weight is 370 g/mol. The van der Waals surface area contributed by atoms with Crippen molar-refractivity contribution >= 4 is 27.7 Å². The minimum Gasteiger partial charge on any atom is -0.346 e. The first-order valence-electron chi connectivity index (χ1n) is 7.24. The molecule has 0 bridgehead atoms. The van der Waals surface area contributed by atoms with E-state index in [2.05, 4.69) is 26.6 Å². The molecule has 0 aliphatic rings. The van der Waals surface area contributed by atoms with E-state index in [0.717, 1.165) is 10.0 Å². The van der Waals surface area contributed by atoms with Gasteiger partial charge in [-0.05, 0) is 37.5 Å². The molecule has 1 aromatic rings. The lowest BCUT2D eigenvalue weighted by Crippen LogP contribution is -2.50. The SMILES string of the molecule is CC(C)[C@H](N)C(=O)NCC(=O)NC(C)(C)c1ccc(Br)cc1. The molecule has 0 heterocycles. The summed E-state index contributed by atoms with van der Waals surface area (Å²) in [7, 11) is 0. The predicted octanol–water partition coefficient (Wildman–Crippen LogP) is 1.90. The summed E-state index contributed by atoms with van der Waals surface area (Å²) in [6.45, 7) is 7.47. The van der Waals surface area contributed by atoms with E-state index in [-0.39, 0.29) is 24.3 Å². The fraction of sp³-hybridized carbons (Fsp3) is 0.500. The highest BCUT2D eigenvalue weighted by molar-refractivity contribution is 9.10. The van der Waals surface area contributed by atoms with Gasteiger partial charge < -0.3 is 16.4 Å². The minimum absolute atomic E-state index is 0.0299. The topological polar surface area (TPSA) is 84.2 Å². The summed E-state index contributed by atoms with van der Waals surface area (Å²) in [5.74, 6) is -0.536. The maximum atomic E-state index is 12.0. The molecule has 0 saturated heterocycles. The molecule has 0 saturated carbocycles. The molecular weight excluding hydrogens is 346 g/mol. The summed E-state index contributed by atoms with van der Waals surface area (Å²) in [4.78, 5) is 23.8. The van der Waals surface area contributed by atoms with Crippen LogP contribution in [0.2, 0.25) is 0 Å². The summed E-state index contributed by atoms with van der Waals surface area (Å²) >= 11 is 3.38. The number of hydrogen-bond acceptors (Lipinski definition) is 3. The van der Waals surface area contributed by atoms with Crippen LogP contribution in [-0.4, -0.2) is 24.4 Å². The number of amides is 2. The summed E-state index contributed by atoms with van der Waals surface area (Å²) in [5.41, 5.74) is 6.19. The molecule has 1 aromatic carbocycles. The Morgan fingerprint density at radius 2 is 1.77 bits per heavy atom. The fourth-order valence-electron chi connectivity index (χ4n) is 1.92. The molecule has 6 heteroatoms. The molecular formula is C16H24BrN3O2. The number of hydrogen-bond donors (Lipinski definition) is 3. The molecule has 0 spiro atoms. The summed E-state index contributed by atoms with van der Waals surface area (Å²) in [5, 5.41) is 5.47. The van der Waals surface area contributed by atoms with Gasteiger partial charge in [0.1, 0.15) is 0 Å². The second-order valence-corrected chi connectivity index (χ2v) is 7.08. The van der Waals surface area contributed by atoms with Gasteiger partial charge in [-0.25, -0.2) is 0 Å². The number of benzene rings is 1. The zero-order chi connectivity index (χ0) is 16.9. The highest BCUT2D eigenvalue weighted by Crippen LogP contribution is 2.21. The zero-order valence-corrected chi connectivity index (χ0v) is 15.0. The molecule has 0 aliphatic heterocycles. The molecule has 0 radical (unpaired) electrons. The second kappa shape index (κ2) is 7.74. The molecule has 5 nitrogen and oxygen atoms in total. The Morgan fingerprint density at radius 1 is 1.23 bits per heavy atom. The molecule has 2 amide bonds. The highest BCUT2D eigenvalue weighted by Gasteiger charge is 2.23. The van der Waals surface area contributed by atoms with Crippen LogP contribution in [0, 0.1) is 5.92 Å². The quantitative estimate of drug-likeness (QED) is 0.715. The van der Waals surface area contributed by atoms with Crippen LogP contribution in [-0.2, 0) is 15.1 Å². The summed E-state index contributed by atoms with van der Waals surface area (Å²) < 4.78 is 0.980. The number of carbonyl (C=O) groups excluding carboxylic acids is 2. The lowest BCUT2D eigenvalue weighted by Gasteiger charge is -2.27. The fourth-order valence-corrected chi connectivity index (χ4v) is 2.18. The molecule has 0 unspecified atom stereocenters. The third-order valence-electron chi connectivity index (χ3n) is 3.46. The van der Waals surface area contributed by atoms with Gasteiger partial charge in [-0.2, -0.15) is 0 Å². The minimum atomic E-state index is -0.604. The molecule has 4 N–H and O–H groups in total. The highest BCUT2D eigenvalue weighted by atomic mass is 79.9. The van der Waals surface area contributed by atoms with Crippen molar-refractivity contribution in [1.29, 1.82) is 0 Å². The van der Waals surface area contributed by atoms with Crippen LogP contribution >= 0.6 is 15.9 Å². The number of rotatable bonds is 6. The molecule has 122 valence electrons. The third kappa shape index (κ3) is 5.42. The maximum Gasteiger partial charge on any atom is 0.240 e. The van der Waals surface area contributed by atoms with E-state index in [4.69, 9.17) is 5.73 Å². The van der Waals surface area contributed by atoms with E-state index in [1.54, 1.807) is 0 Å². The molecule has 22 heavy (non-hydrogen) atoms. The van der Waals surface area contributed by atoms with Gasteiger partial charge in [0.15, 0.2) is 0 Å². The average Bonchev–Trinajstić information content (AvgIpc) is 2.43. The molecule has 1 rings (SSSR count). The van der Waals surface area contributed by atoms with Crippen molar-refractivity contribution in [2.24, 2.45) is 11.7 Å². The van der Waals surface area contributed by atoms with Crippen LogP contribution in [0.5, 0.6) is 0 Å².